The predicted octanol–water partition coefficient (Wildman–Crippen LogP) is 6.29. The maximum atomic E-state index is 13.3. The Hall–Kier alpha value is -2.08. The van der Waals surface area contributed by atoms with Crippen LogP contribution >= 0.6 is 23.2 Å². The number of hydrogen-bond acceptors (Lipinski definition) is 3. The number of rotatable bonds is 4. The number of urea groups is 1. The highest BCUT2D eigenvalue weighted by molar-refractivity contribution is 6.37. The van der Waals surface area contributed by atoms with Crippen molar-refractivity contribution in [2.75, 3.05) is 18.0 Å². The fourth-order valence-electron chi connectivity index (χ4n) is 5.52. The Labute approximate surface area is 205 Å². The summed E-state index contributed by atoms with van der Waals surface area (Å²) in [6.45, 7) is 2.68. The van der Waals surface area contributed by atoms with Crippen molar-refractivity contribution < 1.29 is 4.79 Å². The highest BCUT2D eigenvalue weighted by atomic mass is 35.5. The van der Waals surface area contributed by atoms with Crippen molar-refractivity contribution in [3.8, 4) is 0 Å². The van der Waals surface area contributed by atoms with E-state index in [9.17, 15) is 4.79 Å². The van der Waals surface area contributed by atoms with Gasteiger partial charge in [0, 0.05) is 30.7 Å². The SMILES string of the molecule is O=C1N=C(NC2CCCCC2)C2(CCN(Cc3ccccc3)CC2)N1c1ccc(Cl)cc1Cl. The van der Waals surface area contributed by atoms with E-state index in [4.69, 9.17) is 23.2 Å². The molecule has 0 radical (unpaired) electrons. The van der Waals surface area contributed by atoms with Crippen LogP contribution in [0.5, 0.6) is 0 Å². The molecule has 1 saturated heterocycles. The van der Waals surface area contributed by atoms with Crippen LogP contribution in [-0.2, 0) is 6.54 Å². The molecule has 2 aliphatic heterocycles. The lowest BCUT2D eigenvalue weighted by Crippen LogP contribution is -2.62. The zero-order valence-corrected chi connectivity index (χ0v) is 20.3. The van der Waals surface area contributed by atoms with E-state index in [-0.39, 0.29) is 6.03 Å². The van der Waals surface area contributed by atoms with Gasteiger partial charge in [0.25, 0.3) is 0 Å². The number of nitrogens with zero attached hydrogens (tertiary/aromatic N) is 3. The summed E-state index contributed by atoms with van der Waals surface area (Å²) in [4.78, 5) is 22.2. The van der Waals surface area contributed by atoms with Crippen LogP contribution in [0.3, 0.4) is 0 Å². The Balaban J connectivity index is 1.42. The maximum Gasteiger partial charge on any atom is 0.350 e. The molecule has 1 aliphatic carbocycles. The third-order valence-corrected chi connectivity index (χ3v) is 7.83. The van der Waals surface area contributed by atoms with Crippen molar-refractivity contribution in [3.63, 3.8) is 0 Å². The monoisotopic (exact) mass is 484 g/mol. The lowest BCUT2D eigenvalue weighted by atomic mass is 9.83. The molecule has 0 aromatic heterocycles. The van der Waals surface area contributed by atoms with E-state index in [1.807, 2.05) is 17.0 Å². The minimum absolute atomic E-state index is 0.242. The number of piperidine rings is 1. The minimum Gasteiger partial charge on any atom is -0.369 e. The van der Waals surface area contributed by atoms with Gasteiger partial charge in [0.1, 0.15) is 11.4 Å². The predicted molar refractivity (Wildman–Crippen MR) is 135 cm³/mol. The van der Waals surface area contributed by atoms with E-state index in [1.165, 1.54) is 24.8 Å². The number of benzene rings is 2. The minimum atomic E-state index is -0.501. The summed E-state index contributed by atoms with van der Waals surface area (Å²) in [6, 6.07) is 16.0. The number of aliphatic imine (C=N–C) groups is 1. The molecular weight excluding hydrogens is 455 g/mol. The highest BCUT2D eigenvalue weighted by Crippen LogP contribution is 2.42. The normalized spacial score (nSPS) is 21.5. The molecule has 5 rings (SSSR count). The molecule has 2 fully saturated rings. The van der Waals surface area contributed by atoms with Crippen molar-refractivity contribution in [1.29, 1.82) is 0 Å². The third kappa shape index (κ3) is 4.64. The van der Waals surface area contributed by atoms with Crippen LogP contribution in [0.15, 0.2) is 53.5 Å². The molecule has 1 spiro atoms. The van der Waals surface area contributed by atoms with Gasteiger partial charge in [0.05, 0.1) is 10.7 Å². The highest BCUT2D eigenvalue weighted by Gasteiger charge is 2.52. The Morgan fingerprint density at radius 2 is 1.73 bits per heavy atom. The fraction of sp³-hybridized carbons (Fsp3) is 0.462. The second-order valence-corrected chi connectivity index (χ2v) is 10.3. The van der Waals surface area contributed by atoms with Crippen LogP contribution in [0.4, 0.5) is 10.5 Å². The third-order valence-electron chi connectivity index (χ3n) is 7.30. The molecule has 2 aromatic rings. The largest absolute Gasteiger partial charge is 0.369 e. The Morgan fingerprint density at radius 1 is 1.00 bits per heavy atom. The summed E-state index contributed by atoms with van der Waals surface area (Å²) in [5.41, 5.74) is 1.49. The van der Waals surface area contributed by atoms with Crippen molar-refractivity contribution in [2.24, 2.45) is 4.99 Å². The molecule has 2 heterocycles. The van der Waals surface area contributed by atoms with Gasteiger partial charge in [-0.1, -0.05) is 72.8 Å². The average Bonchev–Trinajstić information content (AvgIpc) is 3.07. The number of anilines is 1. The van der Waals surface area contributed by atoms with Crippen LogP contribution in [0.2, 0.25) is 10.0 Å². The van der Waals surface area contributed by atoms with Gasteiger partial charge >= 0.3 is 6.03 Å². The van der Waals surface area contributed by atoms with Gasteiger partial charge in [0.15, 0.2) is 0 Å². The van der Waals surface area contributed by atoms with Gasteiger partial charge < -0.3 is 5.32 Å². The van der Waals surface area contributed by atoms with Crippen molar-refractivity contribution >= 4 is 40.8 Å². The van der Waals surface area contributed by atoms with Crippen molar-refractivity contribution in [3.05, 3.63) is 64.1 Å². The fourth-order valence-corrected chi connectivity index (χ4v) is 6.02. The smallest absolute Gasteiger partial charge is 0.350 e. The number of nitrogens with one attached hydrogen (secondary N) is 1. The lowest BCUT2D eigenvalue weighted by molar-refractivity contribution is 0.181. The second kappa shape index (κ2) is 9.65. The molecule has 7 heteroatoms. The Morgan fingerprint density at radius 3 is 2.42 bits per heavy atom. The van der Waals surface area contributed by atoms with E-state index in [0.29, 0.717) is 21.8 Å². The maximum absolute atomic E-state index is 13.3. The first-order valence-electron chi connectivity index (χ1n) is 12.0. The topological polar surface area (TPSA) is 47.9 Å². The second-order valence-electron chi connectivity index (χ2n) is 9.45. The summed E-state index contributed by atoms with van der Waals surface area (Å²) in [7, 11) is 0. The van der Waals surface area contributed by atoms with Crippen LogP contribution in [0, 0.1) is 0 Å². The molecule has 0 atom stereocenters. The standard InChI is InChI=1S/C26H30Cl2N4O/c27-20-11-12-23(22(28)17-20)32-25(33)30-24(29-21-9-5-2-6-10-21)26(32)13-15-31(16-14-26)18-19-7-3-1-4-8-19/h1,3-4,7-8,11-12,17,21H,2,5-6,9-10,13-16,18H2,(H,29,30,33). The van der Waals surface area contributed by atoms with Crippen LogP contribution < -0.4 is 10.2 Å². The number of amides is 2. The number of hydrogen-bond donors (Lipinski definition) is 1. The molecule has 0 bridgehead atoms. The van der Waals surface area contributed by atoms with Gasteiger partial charge in [-0.3, -0.25) is 9.80 Å². The molecule has 1 N–H and O–H groups in total. The number of carbonyl (C=O) groups is 1. The van der Waals surface area contributed by atoms with Crippen LogP contribution in [0.25, 0.3) is 0 Å². The number of likely N-dealkylation sites (tertiary alicyclic amines) is 1. The summed E-state index contributed by atoms with van der Waals surface area (Å²) in [5.74, 6) is 0.824. The quantitative estimate of drug-likeness (QED) is 0.554. The van der Waals surface area contributed by atoms with Gasteiger partial charge in [-0.15, -0.1) is 0 Å². The molecule has 0 unspecified atom stereocenters. The zero-order valence-electron chi connectivity index (χ0n) is 18.8. The Kier molecular flexibility index (Phi) is 6.64. The number of carbonyl (C=O) groups excluding carboxylic acids is 1. The molecule has 5 nitrogen and oxygen atoms in total. The van der Waals surface area contributed by atoms with Crippen LogP contribution in [0.1, 0.15) is 50.5 Å². The molecule has 2 aromatic carbocycles. The molecule has 3 aliphatic rings. The van der Waals surface area contributed by atoms with E-state index >= 15 is 0 Å². The zero-order chi connectivity index (χ0) is 22.8. The summed E-state index contributed by atoms with van der Waals surface area (Å²) < 4.78 is 0. The number of halogens is 2. The lowest BCUT2D eigenvalue weighted by Gasteiger charge is -2.46. The first-order chi connectivity index (χ1) is 16.0. The van der Waals surface area contributed by atoms with E-state index in [0.717, 1.165) is 51.2 Å². The molecule has 174 valence electrons. The number of amidine groups is 1. The van der Waals surface area contributed by atoms with Gasteiger partial charge in [-0.2, -0.15) is 4.99 Å². The molecule has 33 heavy (non-hydrogen) atoms. The molecule has 2 amide bonds. The van der Waals surface area contributed by atoms with E-state index in [1.54, 1.807) is 12.1 Å². The van der Waals surface area contributed by atoms with E-state index in [2.05, 4.69) is 39.5 Å². The van der Waals surface area contributed by atoms with Gasteiger partial charge in [-0.25, -0.2) is 4.79 Å². The Bertz CT molecular complexity index is 1030. The summed E-state index contributed by atoms with van der Waals surface area (Å²) in [5, 5.41) is 4.75. The first-order valence-corrected chi connectivity index (χ1v) is 12.7. The van der Waals surface area contributed by atoms with Gasteiger partial charge in [-0.05, 0) is 49.4 Å². The molecule has 1 saturated carbocycles. The summed E-state index contributed by atoms with van der Waals surface area (Å²) >= 11 is 12.7. The van der Waals surface area contributed by atoms with Crippen molar-refractivity contribution in [2.45, 2.75) is 63.1 Å². The van der Waals surface area contributed by atoms with Gasteiger partial charge in [0.2, 0.25) is 0 Å². The van der Waals surface area contributed by atoms with Crippen molar-refractivity contribution in [1.82, 2.24) is 10.2 Å². The first kappa shape index (κ1) is 22.7. The van der Waals surface area contributed by atoms with E-state index < -0.39 is 5.54 Å². The summed E-state index contributed by atoms with van der Waals surface area (Å²) in [6.07, 6.45) is 7.62. The van der Waals surface area contributed by atoms with Crippen LogP contribution in [-0.4, -0.2) is 41.4 Å². The average molecular weight is 485 g/mol. The molecular formula is C26H30Cl2N4O.